The maximum atomic E-state index is 13.5. The third kappa shape index (κ3) is 3.38. The number of rotatable bonds is 3. The van der Waals surface area contributed by atoms with E-state index < -0.39 is 0 Å². The number of hydrogen-bond acceptors (Lipinski definition) is 3. The van der Waals surface area contributed by atoms with Gasteiger partial charge in [-0.05, 0) is 62.1 Å². The quantitative estimate of drug-likeness (QED) is 0.728. The maximum absolute atomic E-state index is 13.5. The van der Waals surface area contributed by atoms with Crippen molar-refractivity contribution >= 4 is 17.4 Å². The number of carbonyl (C=O) groups excluding carboxylic acids is 2. The molecule has 1 aromatic carbocycles. The van der Waals surface area contributed by atoms with E-state index in [9.17, 15) is 9.59 Å². The van der Waals surface area contributed by atoms with Gasteiger partial charge in [-0.15, -0.1) is 0 Å². The number of imide groups is 1. The van der Waals surface area contributed by atoms with E-state index in [0.29, 0.717) is 17.2 Å². The van der Waals surface area contributed by atoms with Crippen molar-refractivity contribution in [2.24, 2.45) is 5.92 Å². The molecule has 4 rings (SSSR count). The highest BCUT2D eigenvalue weighted by molar-refractivity contribution is 6.35. The fourth-order valence-electron chi connectivity index (χ4n) is 4.89. The van der Waals surface area contributed by atoms with Crippen molar-refractivity contribution in [3.05, 3.63) is 40.6 Å². The van der Waals surface area contributed by atoms with Crippen molar-refractivity contribution in [2.75, 3.05) is 13.1 Å². The Bertz CT molecular complexity index is 812. The smallest absolute Gasteiger partial charge is 0.278 e. The van der Waals surface area contributed by atoms with E-state index in [1.807, 2.05) is 6.07 Å². The molecule has 2 heterocycles. The molecule has 0 bridgehead atoms. The second kappa shape index (κ2) is 7.73. The zero-order chi connectivity index (χ0) is 19.8. The molecule has 0 atom stereocenters. The standard InChI is InChI=1S/C24H32N2O2/c1-16-11-13-25(14-12-16)22-21(19-10-9-17(2)18(3)15-19)23(27)26(24(22)28)20-7-5-4-6-8-20/h9-10,15-16,20H,4-8,11-14H2,1-3H3. The molecule has 1 saturated carbocycles. The normalized spacial score (nSPS) is 22.5. The minimum Gasteiger partial charge on any atom is -0.366 e. The van der Waals surface area contributed by atoms with Crippen LogP contribution in [0.5, 0.6) is 0 Å². The number of likely N-dealkylation sites (tertiary alicyclic amines) is 1. The highest BCUT2D eigenvalue weighted by Gasteiger charge is 2.45. The summed E-state index contributed by atoms with van der Waals surface area (Å²) in [6, 6.07) is 6.22. The number of aryl methyl sites for hydroxylation is 2. The summed E-state index contributed by atoms with van der Waals surface area (Å²) in [6.07, 6.45) is 7.47. The Kier molecular flexibility index (Phi) is 5.31. The Morgan fingerprint density at radius 3 is 2.18 bits per heavy atom. The average molecular weight is 381 g/mol. The first-order valence-electron chi connectivity index (χ1n) is 10.9. The SMILES string of the molecule is Cc1ccc(C2=C(N3CCC(C)CC3)C(=O)N(C3CCCCC3)C2=O)cc1C. The molecule has 0 radical (unpaired) electrons. The van der Waals surface area contributed by atoms with Gasteiger partial charge < -0.3 is 4.90 Å². The summed E-state index contributed by atoms with van der Waals surface area (Å²) in [5.41, 5.74) is 4.55. The van der Waals surface area contributed by atoms with Crippen molar-refractivity contribution in [3.63, 3.8) is 0 Å². The summed E-state index contributed by atoms with van der Waals surface area (Å²) in [4.78, 5) is 30.9. The van der Waals surface area contributed by atoms with Crippen molar-refractivity contribution in [3.8, 4) is 0 Å². The van der Waals surface area contributed by atoms with Crippen molar-refractivity contribution in [2.45, 2.75) is 71.8 Å². The minimum absolute atomic E-state index is 0.0559. The fraction of sp³-hybridized carbons (Fsp3) is 0.583. The Morgan fingerprint density at radius 2 is 1.54 bits per heavy atom. The van der Waals surface area contributed by atoms with Gasteiger partial charge in [0.2, 0.25) is 0 Å². The lowest BCUT2D eigenvalue weighted by atomic mass is 9.94. The molecule has 4 heteroatoms. The Hall–Kier alpha value is -2.10. The Balaban J connectivity index is 1.76. The average Bonchev–Trinajstić information content (AvgIpc) is 2.96. The number of benzene rings is 1. The highest BCUT2D eigenvalue weighted by atomic mass is 16.2. The molecule has 2 aliphatic heterocycles. The summed E-state index contributed by atoms with van der Waals surface area (Å²) in [5.74, 6) is 0.553. The number of carbonyl (C=O) groups is 2. The topological polar surface area (TPSA) is 40.6 Å². The van der Waals surface area contributed by atoms with E-state index in [2.05, 4.69) is 37.8 Å². The van der Waals surface area contributed by atoms with Crippen LogP contribution in [0.2, 0.25) is 0 Å². The van der Waals surface area contributed by atoms with E-state index in [1.54, 1.807) is 4.90 Å². The lowest BCUT2D eigenvalue weighted by Crippen LogP contribution is -2.44. The van der Waals surface area contributed by atoms with Crippen LogP contribution in [0.25, 0.3) is 5.57 Å². The molecule has 2 fully saturated rings. The van der Waals surface area contributed by atoms with Gasteiger partial charge in [-0.3, -0.25) is 14.5 Å². The molecule has 0 unspecified atom stereocenters. The molecule has 0 spiro atoms. The molecule has 4 nitrogen and oxygen atoms in total. The summed E-state index contributed by atoms with van der Waals surface area (Å²) >= 11 is 0. The van der Waals surface area contributed by atoms with E-state index in [4.69, 9.17) is 0 Å². The highest BCUT2D eigenvalue weighted by Crippen LogP contribution is 2.37. The first-order valence-corrected chi connectivity index (χ1v) is 10.9. The summed E-state index contributed by atoms with van der Waals surface area (Å²) in [6.45, 7) is 8.15. The van der Waals surface area contributed by atoms with Crippen molar-refractivity contribution in [1.82, 2.24) is 9.80 Å². The Labute approximate surface area is 168 Å². The molecular weight excluding hydrogens is 348 g/mol. The first-order chi connectivity index (χ1) is 13.5. The monoisotopic (exact) mass is 380 g/mol. The van der Waals surface area contributed by atoms with Gasteiger partial charge in [0.25, 0.3) is 11.8 Å². The minimum atomic E-state index is -0.0752. The van der Waals surface area contributed by atoms with Crippen molar-refractivity contribution in [1.29, 1.82) is 0 Å². The third-order valence-electron chi connectivity index (χ3n) is 6.93. The van der Waals surface area contributed by atoms with Crippen LogP contribution in [0.4, 0.5) is 0 Å². The summed E-state index contributed by atoms with van der Waals surface area (Å²) < 4.78 is 0. The Morgan fingerprint density at radius 1 is 0.857 bits per heavy atom. The number of piperidine rings is 1. The molecule has 1 aromatic rings. The molecule has 3 aliphatic rings. The van der Waals surface area contributed by atoms with Crippen LogP contribution in [0, 0.1) is 19.8 Å². The zero-order valence-corrected chi connectivity index (χ0v) is 17.5. The van der Waals surface area contributed by atoms with Crippen LogP contribution < -0.4 is 0 Å². The van der Waals surface area contributed by atoms with Gasteiger partial charge in [0.05, 0.1) is 5.57 Å². The van der Waals surface area contributed by atoms with Gasteiger partial charge in [-0.2, -0.15) is 0 Å². The number of amides is 2. The van der Waals surface area contributed by atoms with E-state index in [-0.39, 0.29) is 17.9 Å². The molecule has 2 amide bonds. The zero-order valence-electron chi connectivity index (χ0n) is 17.5. The van der Waals surface area contributed by atoms with Gasteiger partial charge in [0.1, 0.15) is 5.70 Å². The second-order valence-electron chi connectivity index (χ2n) is 8.96. The summed E-state index contributed by atoms with van der Waals surface area (Å²) in [5, 5.41) is 0. The fourth-order valence-corrected chi connectivity index (χ4v) is 4.89. The van der Waals surface area contributed by atoms with Crippen LogP contribution in [0.3, 0.4) is 0 Å². The van der Waals surface area contributed by atoms with Gasteiger partial charge in [-0.1, -0.05) is 44.4 Å². The summed E-state index contributed by atoms with van der Waals surface area (Å²) in [7, 11) is 0. The van der Waals surface area contributed by atoms with Crippen LogP contribution in [-0.2, 0) is 9.59 Å². The van der Waals surface area contributed by atoms with E-state index >= 15 is 0 Å². The van der Waals surface area contributed by atoms with Crippen LogP contribution >= 0.6 is 0 Å². The lowest BCUT2D eigenvalue weighted by molar-refractivity contribution is -0.141. The lowest BCUT2D eigenvalue weighted by Gasteiger charge is -2.34. The first kappa shape index (κ1) is 19.2. The van der Waals surface area contributed by atoms with Gasteiger partial charge in [0, 0.05) is 19.1 Å². The van der Waals surface area contributed by atoms with Crippen LogP contribution in [0.1, 0.15) is 68.6 Å². The molecule has 150 valence electrons. The molecular formula is C24H32N2O2. The maximum Gasteiger partial charge on any atom is 0.278 e. The van der Waals surface area contributed by atoms with Crippen molar-refractivity contribution < 1.29 is 9.59 Å². The largest absolute Gasteiger partial charge is 0.366 e. The van der Waals surface area contributed by atoms with E-state index in [0.717, 1.165) is 62.7 Å². The van der Waals surface area contributed by atoms with Gasteiger partial charge in [0.15, 0.2) is 0 Å². The molecule has 28 heavy (non-hydrogen) atoms. The van der Waals surface area contributed by atoms with E-state index in [1.165, 1.54) is 12.0 Å². The molecule has 1 aliphatic carbocycles. The second-order valence-corrected chi connectivity index (χ2v) is 8.96. The van der Waals surface area contributed by atoms with Crippen LogP contribution in [0.15, 0.2) is 23.9 Å². The number of nitrogens with zero attached hydrogens (tertiary/aromatic N) is 2. The molecule has 1 saturated heterocycles. The third-order valence-corrected chi connectivity index (χ3v) is 6.93. The number of hydrogen-bond donors (Lipinski definition) is 0. The predicted octanol–water partition coefficient (Wildman–Crippen LogP) is 4.45. The van der Waals surface area contributed by atoms with Crippen LogP contribution in [-0.4, -0.2) is 40.7 Å². The molecule has 0 aromatic heterocycles. The van der Waals surface area contributed by atoms with Gasteiger partial charge >= 0.3 is 0 Å². The predicted molar refractivity (Wildman–Crippen MR) is 112 cm³/mol. The molecule has 0 N–H and O–H groups in total. The van der Waals surface area contributed by atoms with Gasteiger partial charge in [-0.25, -0.2) is 0 Å².